The predicted molar refractivity (Wildman–Crippen MR) is 114 cm³/mol. The standard InChI is InChI=1S/C20H20ClN5O2S/c1-3-16-23-24-20-26(16)25-17(12-7-9-15(28-2)10-8-12)18(29-20)19(27)22-14-6-4-5-13(21)11-14/h4-11,17-18,25H,3H2,1-2H3,(H,22,27)/t17-,18+/m1/s1. The van der Waals surface area contributed by atoms with E-state index in [-0.39, 0.29) is 11.9 Å². The molecule has 150 valence electrons. The van der Waals surface area contributed by atoms with E-state index in [1.165, 1.54) is 11.8 Å². The molecule has 0 saturated heterocycles. The lowest BCUT2D eigenvalue weighted by Gasteiger charge is -2.33. The van der Waals surface area contributed by atoms with E-state index in [0.717, 1.165) is 23.6 Å². The smallest absolute Gasteiger partial charge is 0.240 e. The number of nitrogens with one attached hydrogen (secondary N) is 2. The maximum atomic E-state index is 13.2. The molecule has 4 rings (SSSR count). The van der Waals surface area contributed by atoms with Gasteiger partial charge in [0.15, 0.2) is 5.82 Å². The number of aromatic nitrogens is 3. The minimum Gasteiger partial charge on any atom is -0.497 e. The Balaban J connectivity index is 1.66. The number of ether oxygens (including phenoxy) is 1. The van der Waals surface area contributed by atoms with Crippen LogP contribution in [0.25, 0.3) is 0 Å². The van der Waals surface area contributed by atoms with Crippen LogP contribution in [0, 0.1) is 0 Å². The van der Waals surface area contributed by atoms with Gasteiger partial charge >= 0.3 is 0 Å². The van der Waals surface area contributed by atoms with E-state index in [1.54, 1.807) is 25.3 Å². The molecule has 2 N–H and O–H groups in total. The third-order valence-corrected chi connectivity index (χ3v) is 6.10. The molecule has 9 heteroatoms. The van der Waals surface area contributed by atoms with Gasteiger partial charge in [0, 0.05) is 17.1 Å². The molecule has 2 aromatic carbocycles. The number of halogens is 1. The Bertz CT molecular complexity index is 1020. The van der Waals surface area contributed by atoms with E-state index >= 15 is 0 Å². The number of fused-ring (bicyclic) bond motifs is 1. The number of carbonyl (C=O) groups is 1. The summed E-state index contributed by atoms with van der Waals surface area (Å²) >= 11 is 7.44. The first-order valence-electron chi connectivity index (χ1n) is 9.17. The number of carbonyl (C=O) groups excluding carboxylic acids is 1. The maximum absolute atomic E-state index is 13.2. The number of hydrogen-bond acceptors (Lipinski definition) is 6. The summed E-state index contributed by atoms with van der Waals surface area (Å²) in [7, 11) is 1.63. The van der Waals surface area contributed by atoms with Crippen LogP contribution in [0.1, 0.15) is 24.4 Å². The monoisotopic (exact) mass is 429 g/mol. The van der Waals surface area contributed by atoms with E-state index in [4.69, 9.17) is 16.3 Å². The lowest BCUT2D eigenvalue weighted by molar-refractivity contribution is -0.116. The van der Waals surface area contributed by atoms with Crippen molar-refractivity contribution in [1.29, 1.82) is 0 Å². The van der Waals surface area contributed by atoms with Crippen LogP contribution in [-0.4, -0.2) is 33.1 Å². The van der Waals surface area contributed by atoms with Crippen LogP contribution in [0.2, 0.25) is 5.02 Å². The molecule has 0 radical (unpaired) electrons. The van der Waals surface area contributed by atoms with E-state index in [9.17, 15) is 4.79 Å². The van der Waals surface area contributed by atoms with Gasteiger partial charge in [0.05, 0.1) is 13.2 Å². The number of methoxy groups -OCH3 is 1. The average Bonchev–Trinajstić information content (AvgIpc) is 3.15. The van der Waals surface area contributed by atoms with Crippen molar-refractivity contribution >= 4 is 35.0 Å². The highest BCUT2D eigenvalue weighted by molar-refractivity contribution is 8.00. The number of aryl methyl sites for hydroxylation is 1. The summed E-state index contributed by atoms with van der Waals surface area (Å²) in [5.41, 5.74) is 5.04. The van der Waals surface area contributed by atoms with Gasteiger partial charge < -0.3 is 15.5 Å². The van der Waals surface area contributed by atoms with Crippen LogP contribution in [0.15, 0.2) is 53.7 Å². The zero-order chi connectivity index (χ0) is 20.4. The Morgan fingerprint density at radius 1 is 1.28 bits per heavy atom. The molecule has 0 unspecified atom stereocenters. The number of anilines is 1. The minimum atomic E-state index is -0.455. The molecule has 0 aliphatic carbocycles. The number of rotatable bonds is 5. The summed E-state index contributed by atoms with van der Waals surface area (Å²) in [6.45, 7) is 2.02. The first-order valence-corrected chi connectivity index (χ1v) is 10.4. The molecule has 0 saturated carbocycles. The molecule has 1 aliphatic rings. The molecule has 3 aromatic rings. The van der Waals surface area contributed by atoms with Crippen LogP contribution in [0.4, 0.5) is 5.69 Å². The van der Waals surface area contributed by atoms with Crippen molar-refractivity contribution < 1.29 is 9.53 Å². The molecule has 7 nitrogen and oxygen atoms in total. The summed E-state index contributed by atoms with van der Waals surface area (Å²) in [5, 5.41) is 12.2. The number of thioether (sulfide) groups is 1. The van der Waals surface area contributed by atoms with Crippen LogP contribution in [-0.2, 0) is 11.2 Å². The first-order chi connectivity index (χ1) is 14.1. The van der Waals surface area contributed by atoms with Gasteiger partial charge in [-0.05, 0) is 35.9 Å². The van der Waals surface area contributed by atoms with Gasteiger partial charge in [-0.2, -0.15) is 0 Å². The van der Waals surface area contributed by atoms with Gasteiger partial charge in [0.1, 0.15) is 11.0 Å². The topological polar surface area (TPSA) is 81.1 Å². The second-order valence-electron chi connectivity index (χ2n) is 6.51. The summed E-state index contributed by atoms with van der Waals surface area (Å²) in [4.78, 5) is 13.2. The third kappa shape index (κ3) is 4.04. The summed E-state index contributed by atoms with van der Waals surface area (Å²) in [6.07, 6.45) is 0.731. The molecular weight excluding hydrogens is 410 g/mol. The van der Waals surface area contributed by atoms with Crippen LogP contribution < -0.4 is 15.5 Å². The third-order valence-electron chi connectivity index (χ3n) is 4.65. The molecule has 2 heterocycles. The van der Waals surface area contributed by atoms with Gasteiger partial charge in [-0.1, -0.05) is 48.5 Å². The van der Waals surface area contributed by atoms with Gasteiger partial charge in [0.2, 0.25) is 11.1 Å². The minimum absolute atomic E-state index is 0.141. The zero-order valence-corrected chi connectivity index (χ0v) is 17.5. The van der Waals surface area contributed by atoms with E-state index < -0.39 is 5.25 Å². The molecule has 1 aliphatic heterocycles. The van der Waals surface area contributed by atoms with Crippen molar-refractivity contribution in [2.75, 3.05) is 17.9 Å². The lowest BCUT2D eigenvalue weighted by atomic mass is 10.0. The molecule has 2 atom stereocenters. The average molecular weight is 430 g/mol. The number of hydrogen-bond donors (Lipinski definition) is 2. The van der Waals surface area contributed by atoms with Crippen molar-refractivity contribution in [2.45, 2.75) is 29.8 Å². The Morgan fingerprint density at radius 2 is 2.07 bits per heavy atom. The quantitative estimate of drug-likeness (QED) is 0.640. The molecule has 1 aromatic heterocycles. The normalized spacial score (nSPS) is 17.9. The first kappa shape index (κ1) is 19.6. The number of nitrogens with zero attached hydrogens (tertiary/aromatic N) is 3. The summed E-state index contributed by atoms with van der Waals surface area (Å²) in [5.74, 6) is 1.44. The number of amides is 1. The Kier molecular flexibility index (Phi) is 5.64. The van der Waals surface area contributed by atoms with E-state index in [0.29, 0.717) is 15.9 Å². The highest BCUT2D eigenvalue weighted by Crippen LogP contribution is 2.38. The van der Waals surface area contributed by atoms with Crippen LogP contribution >= 0.6 is 23.4 Å². The molecule has 0 bridgehead atoms. The van der Waals surface area contributed by atoms with Gasteiger partial charge in [-0.3, -0.25) is 4.79 Å². The van der Waals surface area contributed by atoms with Gasteiger partial charge in [0.25, 0.3) is 0 Å². The van der Waals surface area contributed by atoms with E-state index in [1.807, 2.05) is 41.9 Å². The van der Waals surface area contributed by atoms with Crippen molar-refractivity contribution in [2.24, 2.45) is 0 Å². The molecular formula is C20H20ClN5O2S. The van der Waals surface area contributed by atoms with Gasteiger partial charge in [-0.25, -0.2) is 4.68 Å². The SMILES string of the molecule is CCc1nnc2n1N[C@H](c1ccc(OC)cc1)[C@@H](C(=O)Nc1cccc(Cl)c1)S2. The Labute approximate surface area is 177 Å². The van der Waals surface area contributed by atoms with Crippen LogP contribution in [0.3, 0.4) is 0 Å². The van der Waals surface area contributed by atoms with Crippen molar-refractivity contribution in [1.82, 2.24) is 14.9 Å². The summed E-state index contributed by atoms with van der Waals surface area (Å²) in [6, 6.07) is 14.5. The van der Waals surface area contributed by atoms with Crippen molar-refractivity contribution in [3.8, 4) is 5.75 Å². The van der Waals surface area contributed by atoms with Gasteiger partial charge in [-0.15, -0.1) is 10.2 Å². The Hall–Kier alpha value is -2.71. The largest absolute Gasteiger partial charge is 0.497 e. The maximum Gasteiger partial charge on any atom is 0.240 e. The second kappa shape index (κ2) is 8.34. The molecule has 0 fully saturated rings. The van der Waals surface area contributed by atoms with E-state index in [2.05, 4.69) is 20.9 Å². The fraction of sp³-hybridized carbons (Fsp3) is 0.250. The Morgan fingerprint density at radius 3 is 2.76 bits per heavy atom. The molecule has 0 spiro atoms. The second-order valence-corrected chi connectivity index (χ2v) is 8.05. The fourth-order valence-electron chi connectivity index (χ4n) is 3.17. The highest BCUT2D eigenvalue weighted by Gasteiger charge is 2.37. The lowest BCUT2D eigenvalue weighted by Crippen LogP contribution is -2.41. The fourth-order valence-corrected chi connectivity index (χ4v) is 4.46. The molecule has 29 heavy (non-hydrogen) atoms. The van der Waals surface area contributed by atoms with Crippen LogP contribution in [0.5, 0.6) is 5.75 Å². The number of benzene rings is 2. The van der Waals surface area contributed by atoms with Crippen molar-refractivity contribution in [3.63, 3.8) is 0 Å². The zero-order valence-electron chi connectivity index (χ0n) is 15.9. The molecule has 1 amide bonds. The van der Waals surface area contributed by atoms with Crippen molar-refractivity contribution in [3.05, 3.63) is 64.9 Å². The summed E-state index contributed by atoms with van der Waals surface area (Å²) < 4.78 is 7.12. The highest BCUT2D eigenvalue weighted by atomic mass is 35.5. The predicted octanol–water partition coefficient (Wildman–Crippen LogP) is 3.90.